The van der Waals surface area contributed by atoms with Crippen LogP contribution in [0.25, 0.3) is 0 Å². The Hall–Kier alpha value is -2.41. The summed E-state index contributed by atoms with van der Waals surface area (Å²) in [5.41, 5.74) is -0.738. The fraction of sp³-hybridized carbons (Fsp3) is 0.654. The van der Waals surface area contributed by atoms with Crippen LogP contribution < -0.4 is 0 Å². The highest BCUT2D eigenvalue weighted by Crippen LogP contribution is 2.72. The highest BCUT2D eigenvalue weighted by molar-refractivity contribution is 5.94. The quantitative estimate of drug-likeness (QED) is 0.594. The second-order valence-corrected chi connectivity index (χ2v) is 11.5. The lowest BCUT2D eigenvalue weighted by molar-refractivity contribution is -0.191. The van der Waals surface area contributed by atoms with Crippen LogP contribution in [0, 0.1) is 28.1 Å². The van der Waals surface area contributed by atoms with Crippen molar-refractivity contribution in [2.45, 2.75) is 71.2 Å². The third-order valence-corrected chi connectivity index (χ3v) is 9.73. The third kappa shape index (κ3) is 2.47. The lowest BCUT2D eigenvalue weighted by Crippen LogP contribution is -2.66. The van der Waals surface area contributed by atoms with Gasteiger partial charge in [0.25, 0.3) is 0 Å². The second-order valence-electron chi connectivity index (χ2n) is 11.5. The molecule has 2 saturated heterocycles. The Morgan fingerprint density at radius 2 is 1.82 bits per heavy atom. The number of ketones is 1. The summed E-state index contributed by atoms with van der Waals surface area (Å²) in [6.07, 6.45) is 5.99. The number of carbonyl (C=O) groups is 3. The fourth-order valence-corrected chi connectivity index (χ4v) is 8.32. The van der Waals surface area contributed by atoms with E-state index in [0.717, 1.165) is 24.0 Å². The number of fused-ring (bicyclic) bond motifs is 3. The van der Waals surface area contributed by atoms with Crippen molar-refractivity contribution in [1.29, 1.82) is 0 Å². The van der Waals surface area contributed by atoms with Crippen LogP contribution in [0.4, 0.5) is 0 Å². The summed E-state index contributed by atoms with van der Waals surface area (Å²) in [5.74, 6) is -0.681. The molecule has 0 amide bonds. The van der Waals surface area contributed by atoms with E-state index >= 15 is 0 Å². The molecular weight excluding hydrogens is 424 g/mol. The first-order valence-electron chi connectivity index (χ1n) is 11.9. The van der Waals surface area contributed by atoms with Crippen LogP contribution in [0.5, 0.6) is 0 Å². The zero-order valence-electron chi connectivity index (χ0n) is 19.5. The number of carbonyl (C=O) groups excluding carboxylic acids is 3. The third-order valence-electron chi connectivity index (χ3n) is 9.73. The van der Waals surface area contributed by atoms with E-state index in [4.69, 9.17) is 18.6 Å². The number of cyclic esters (lactones) is 2. The zero-order valence-corrected chi connectivity index (χ0v) is 19.5. The zero-order chi connectivity index (χ0) is 23.4. The highest BCUT2D eigenvalue weighted by atomic mass is 16.6. The molecule has 0 bridgehead atoms. The van der Waals surface area contributed by atoms with Crippen LogP contribution in [0.15, 0.2) is 34.7 Å². The second kappa shape index (κ2) is 6.38. The lowest BCUT2D eigenvalue weighted by Gasteiger charge is -2.63. The highest BCUT2D eigenvalue weighted by Gasteiger charge is 2.75. The molecule has 0 unspecified atom stereocenters. The van der Waals surface area contributed by atoms with Gasteiger partial charge in [0.15, 0.2) is 0 Å². The molecule has 0 aromatic carbocycles. The molecule has 5 aliphatic rings. The van der Waals surface area contributed by atoms with Gasteiger partial charge in [0.1, 0.15) is 18.5 Å². The first-order valence-corrected chi connectivity index (χ1v) is 11.9. The molecule has 0 radical (unpaired) electrons. The van der Waals surface area contributed by atoms with Gasteiger partial charge in [0, 0.05) is 34.8 Å². The number of hydrogen-bond acceptors (Lipinski definition) is 7. The van der Waals surface area contributed by atoms with Gasteiger partial charge in [-0.05, 0) is 51.2 Å². The van der Waals surface area contributed by atoms with Crippen LogP contribution in [-0.4, -0.2) is 36.0 Å². The van der Waals surface area contributed by atoms with Gasteiger partial charge >= 0.3 is 11.9 Å². The summed E-state index contributed by atoms with van der Waals surface area (Å²) in [5, 5.41) is 0. The molecule has 4 heterocycles. The Kier molecular flexibility index (Phi) is 4.09. The summed E-state index contributed by atoms with van der Waals surface area (Å²) >= 11 is 0. The summed E-state index contributed by atoms with van der Waals surface area (Å²) in [6.45, 7) is 8.40. The molecule has 7 atom stereocenters. The first-order chi connectivity index (χ1) is 15.5. The molecule has 1 aromatic rings. The van der Waals surface area contributed by atoms with Gasteiger partial charge in [-0.2, -0.15) is 0 Å². The van der Waals surface area contributed by atoms with Crippen molar-refractivity contribution in [3.05, 3.63) is 35.8 Å². The van der Waals surface area contributed by atoms with Gasteiger partial charge in [-0.15, -0.1) is 0 Å². The van der Waals surface area contributed by atoms with E-state index in [-0.39, 0.29) is 42.7 Å². The average molecular weight is 455 g/mol. The minimum atomic E-state index is -0.864. The van der Waals surface area contributed by atoms with E-state index in [2.05, 4.69) is 6.92 Å². The number of furan rings is 1. The molecule has 7 nitrogen and oxygen atoms in total. The number of esters is 2. The van der Waals surface area contributed by atoms with E-state index in [0.29, 0.717) is 6.42 Å². The van der Waals surface area contributed by atoms with E-state index in [1.54, 1.807) is 18.6 Å². The van der Waals surface area contributed by atoms with Crippen molar-refractivity contribution in [1.82, 2.24) is 0 Å². The molecule has 0 N–H and O–H groups in total. The predicted molar refractivity (Wildman–Crippen MR) is 115 cm³/mol. The van der Waals surface area contributed by atoms with Crippen molar-refractivity contribution in [2.75, 3.05) is 6.61 Å². The standard InChI is InChI=1S/C26H30O7/c1-23(2)16-9-18(27)25(4)15(26(16)13-31-20(28)11-19(26)33-23)5-7-24(3)17(25)10-21(29)32-22(24)14-6-8-30-12-14/h6,8,10,12,15-16,19,22H,5,7,9,11,13H2,1-4H3/t15-,16-,19+,22-,24+,25+,26-/m0/s1. The van der Waals surface area contributed by atoms with Crippen LogP contribution in [0.1, 0.15) is 65.0 Å². The molecule has 6 rings (SSSR count). The summed E-state index contributed by atoms with van der Waals surface area (Å²) in [6, 6.07) is 1.82. The summed E-state index contributed by atoms with van der Waals surface area (Å²) in [7, 11) is 0. The van der Waals surface area contributed by atoms with Crippen molar-refractivity contribution >= 4 is 17.7 Å². The topological polar surface area (TPSA) is 92.0 Å². The number of rotatable bonds is 1. The van der Waals surface area contributed by atoms with Gasteiger partial charge in [-0.1, -0.05) is 6.92 Å². The molecule has 176 valence electrons. The van der Waals surface area contributed by atoms with Crippen LogP contribution in [0.3, 0.4) is 0 Å². The van der Waals surface area contributed by atoms with Gasteiger partial charge < -0.3 is 18.6 Å². The molecule has 1 aromatic heterocycles. The summed E-state index contributed by atoms with van der Waals surface area (Å²) < 4.78 is 23.3. The van der Waals surface area contributed by atoms with E-state index in [1.165, 1.54) is 0 Å². The Labute approximate surface area is 192 Å². The van der Waals surface area contributed by atoms with E-state index in [1.807, 2.05) is 26.8 Å². The van der Waals surface area contributed by atoms with Crippen molar-refractivity contribution < 1.29 is 33.0 Å². The SMILES string of the molecule is CC1(C)O[C@@H]2CC(=O)OC[C@]23[C@H]1CC(=O)[C@@]1(C)C2=CC(=O)O[C@@H](c4ccoc4)[C@]2(C)CC[C@@H]13. The first kappa shape index (κ1) is 21.1. The molecule has 4 fully saturated rings. The maximum atomic E-state index is 14.0. The average Bonchev–Trinajstić information content (AvgIpc) is 3.34. The largest absolute Gasteiger partial charge is 0.472 e. The van der Waals surface area contributed by atoms with E-state index in [9.17, 15) is 14.4 Å². The smallest absolute Gasteiger partial charge is 0.331 e. The van der Waals surface area contributed by atoms with Crippen LogP contribution in [0.2, 0.25) is 0 Å². The number of hydrogen-bond donors (Lipinski definition) is 0. The number of Topliss-reactive ketones (excluding diaryl/α,β-unsaturated/α-hetero) is 1. The van der Waals surface area contributed by atoms with Gasteiger partial charge in [-0.25, -0.2) is 4.79 Å². The molecule has 7 heteroatoms. The molecule has 33 heavy (non-hydrogen) atoms. The monoisotopic (exact) mass is 454 g/mol. The Morgan fingerprint density at radius 3 is 2.55 bits per heavy atom. The van der Waals surface area contributed by atoms with E-state index < -0.39 is 33.9 Å². The molecule has 1 spiro atoms. The van der Waals surface area contributed by atoms with Gasteiger partial charge in [0.2, 0.25) is 0 Å². The number of ether oxygens (including phenoxy) is 3. The van der Waals surface area contributed by atoms with Crippen molar-refractivity contribution in [3.8, 4) is 0 Å². The molecule has 3 aliphatic heterocycles. The normalized spacial score (nSPS) is 45.7. The van der Waals surface area contributed by atoms with Crippen molar-refractivity contribution in [3.63, 3.8) is 0 Å². The van der Waals surface area contributed by atoms with Gasteiger partial charge in [-0.3, -0.25) is 9.59 Å². The molecule has 2 aliphatic carbocycles. The Morgan fingerprint density at radius 1 is 1.03 bits per heavy atom. The Bertz CT molecular complexity index is 1080. The van der Waals surface area contributed by atoms with Crippen molar-refractivity contribution in [2.24, 2.45) is 28.1 Å². The predicted octanol–water partition coefficient (Wildman–Crippen LogP) is 3.93. The fourth-order valence-electron chi connectivity index (χ4n) is 8.32. The maximum absolute atomic E-state index is 14.0. The van der Waals surface area contributed by atoms with Crippen LogP contribution in [-0.2, 0) is 28.6 Å². The summed E-state index contributed by atoms with van der Waals surface area (Å²) in [4.78, 5) is 39.1. The Balaban J connectivity index is 1.52. The lowest BCUT2D eigenvalue weighted by atomic mass is 9.39. The molecular formula is C26H30O7. The maximum Gasteiger partial charge on any atom is 0.331 e. The van der Waals surface area contributed by atoms with Crippen LogP contribution >= 0.6 is 0 Å². The minimum Gasteiger partial charge on any atom is -0.472 e. The molecule has 2 saturated carbocycles. The van der Waals surface area contributed by atoms with Gasteiger partial charge in [0.05, 0.1) is 36.1 Å². The minimum absolute atomic E-state index is 0.0427.